The summed E-state index contributed by atoms with van der Waals surface area (Å²) in [5, 5.41) is 2.79. The highest BCUT2D eigenvalue weighted by atomic mass is 16.5. The first-order valence-electron chi connectivity index (χ1n) is 10.6. The maximum atomic E-state index is 13.8. The topological polar surface area (TPSA) is 118 Å². The molecule has 0 radical (unpaired) electrons. The second-order valence-electron chi connectivity index (χ2n) is 8.30. The lowest BCUT2D eigenvalue weighted by atomic mass is 9.76. The van der Waals surface area contributed by atoms with Crippen LogP contribution in [-0.2, 0) is 23.9 Å². The summed E-state index contributed by atoms with van der Waals surface area (Å²) in [4.78, 5) is 56.3. The Morgan fingerprint density at radius 1 is 1.15 bits per heavy atom. The Morgan fingerprint density at radius 2 is 1.91 bits per heavy atom. The van der Waals surface area contributed by atoms with Gasteiger partial charge in [0, 0.05) is 13.1 Å². The molecule has 0 aliphatic carbocycles. The Hall–Kier alpha value is -3.66. The predicted molar refractivity (Wildman–Crippen MR) is 113 cm³/mol. The predicted octanol–water partition coefficient (Wildman–Crippen LogP) is 0.882. The Labute approximate surface area is 189 Å². The van der Waals surface area contributed by atoms with E-state index >= 15 is 0 Å². The summed E-state index contributed by atoms with van der Waals surface area (Å²) in [5.41, 5.74) is -1.20. The van der Waals surface area contributed by atoms with Gasteiger partial charge < -0.3 is 19.2 Å². The van der Waals surface area contributed by atoms with E-state index in [1.54, 1.807) is 41.3 Å². The van der Waals surface area contributed by atoms with Crippen LogP contribution in [-0.4, -0.2) is 61.4 Å². The molecule has 172 valence electrons. The number of furan rings is 1. The minimum Gasteiger partial charge on any atom is -0.497 e. The number of anilines is 1. The van der Waals surface area contributed by atoms with Crippen LogP contribution in [0.4, 0.5) is 5.69 Å². The lowest BCUT2D eigenvalue weighted by Crippen LogP contribution is -2.67. The highest BCUT2D eigenvalue weighted by molar-refractivity contribution is 6.24. The van der Waals surface area contributed by atoms with Gasteiger partial charge in [-0.1, -0.05) is 0 Å². The second-order valence-corrected chi connectivity index (χ2v) is 8.30. The summed E-state index contributed by atoms with van der Waals surface area (Å²) in [6.45, 7) is 0.674. The maximum Gasteiger partial charge on any atom is 0.307 e. The molecular weight excluding hydrogens is 430 g/mol. The first-order chi connectivity index (χ1) is 15.9. The van der Waals surface area contributed by atoms with Crippen LogP contribution in [0.1, 0.15) is 18.2 Å². The number of hydrogen-bond donors (Lipinski definition) is 1. The Kier molecular flexibility index (Phi) is 4.97. The van der Waals surface area contributed by atoms with E-state index in [0.29, 0.717) is 30.3 Å². The van der Waals surface area contributed by atoms with E-state index < -0.39 is 47.1 Å². The van der Waals surface area contributed by atoms with E-state index in [9.17, 15) is 19.2 Å². The fourth-order valence-corrected chi connectivity index (χ4v) is 5.55. The van der Waals surface area contributed by atoms with Crippen molar-refractivity contribution in [3.8, 4) is 5.75 Å². The zero-order valence-electron chi connectivity index (χ0n) is 18.1. The summed E-state index contributed by atoms with van der Waals surface area (Å²) < 4.78 is 15.7. The number of fused-ring (bicyclic) bond motifs is 3. The third-order valence-corrected chi connectivity index (χ3v) is 6.89. The molecule has 1 aromatic carbocycles. The number of esters is 1. The van der Waals surface area contributed by atoms with E-state index in [-0.39, 0.29) is 6.42 Å². The lowest BCUT2D eigenvalue weighted by molar-refractivity contribution is -0.154. The summed E-state index contributed by atoms with van der Waals surface area (Å²) in [5.74, 6) is -3.03. The molecule has 0 spiro atoms. The monoisotopic (exact) mass is 453 g/mol. The summed E-state index contributed by atoms with van der Waals surface area (Å²) in [6.07, 6.45) is 1.13. The van der Waals surface area contributed by atoms with Gasteiger partial charge >= 0.3 is 5.97 Å². The molecule has 3 aliphatic heterocycles. The van der Waals surface area contributed by atoms with Gasteiger partial charge in [-0.2, -0.15) is 0 Å². The molecule has 1 N–H and O–H groups in total. The van der Waals surface area contributed by atoms with E-state index in [0.717, 1.165) is 4.90 Å². The number of carbonyl (C=O) groups is 4. The van der Waals surface area contributed by atoms with Crippen LogP contribution < -0.4 is 15.0 Å². The molecule has 10 nitrogen and oxygen atoms in total. The van der Waals surface area contributed by atoms with E-state index in [1.807, 2.05) is 0 Å². The first kappa shape index (κ1) is 21.2. The zero-order chi connectivity index (χ0) is 23.3. The van der Waals surface area contributed by atoms with Crippen molar-refractivity contribution in [2.24, 2.45) is 11.8 Å². The standard InChI is InChI=1S/C23H23N3O7/c1-31-14-7-5-13(6-8-14)26-20(28)17-18(21(26)29)23(12-16(27)32-2)22(30)24-9-10-25(23)19(17)15-4-3-11-33-15/h3-8,11,17-19H,9-10,12H2,1-2H3,(H,24,30)/t17-,18+,19-,23+/m1/s1. The van der Waals surface area contributed by atoms with Crippen LogP contribution >= 0.6 is 0 Å². The molecule has 2 aromatic rings. The van der Waals surface area contributed by atoms with Gasteiger partial charge in [-0.15, -0.1) is 0 Å². The van der Waals surface area contributed by atoms with Crippen LogP contribution in [0.5, 0.6) is 5.75 Å². The average molecular weight is 453 g/mol. The van der Waals surface area contributed by atoms with Crippen molar-refractivity contribution in [3.05, 3.63) is 48.4 Å². The number of amides is 3. The smallest absolute Gasteiger partial charge is 0.307 e. The lowest BCUT2D eigenvalue weighted by Gasteiger charge is -2.44. The van der Waals surface area contributed by atoms with Crippen LogP contribution in [0.3, 0.4) is 0 Å². The molecule has 4 atom stereocenters. The van der Waals surface area contributed by atoms with Gasteiger partial charge in [-0.05, 0) is 36.4 Å². The first-order valence-corrected chi connectivity index (χ1v) is 10.6. The number of imide groups is 1. The molecule has 1 aromatic heterocycles. The van der Waals surface area contributed by atoms with Gasteiger partial charge in [0.15, 0.2) is 0 Å². The van der Waals surface area contributed by atoms with Gasteiger partial charge in [0.05, 0.1) is 50.5 Å². The Morgan fingerprint density at radius 3 is 2.55 bits per heavy atom. The van der Waals surface area contributed by atoms with Crippen molar-refractivity contribution in [1.29, 1.82) is 0 Å². The maximum absolute atomic E-state index is 13.8. The number of ether oxygens (including phenoxy) is 2. The molecule has 3 fully saturated rings. The number of carbonyl (C=O) groups excluding carboxylic acids is 4. The van der Waals surface area contributed by atoms with Crippen LogP contribution in [0, 0.1) is 11.8 Å². The van der Waals surface area contributed by atoms with Gasteiger partial charge in [-0.25, -0.2) is 4.90 Å². The summed E-state index contributed by atoms with van der Waals surface area (Å²) >= 11 is 0. The fourth-order valence-electron chi connectivity index (χ4n) is 5.55. The number of benzene rings is 1. The molecule has 0 saturated carbocycles. The van der Waals surface area contributed by atoms with Crippen molar-refractivity contribution in [2.75, 3.05) is 32.2 Å². The molecule has 0 unspecified atom stereocenters. The third kappa shape index (κ3) is 2.90. The zero-order valence-corrected chi connectivity index (χ0v) is 18.1. The molecule has 4 heterocycles. The van der Waals surface area contributed by atoms with Crippen LogP contribution in [0.25, 0.3) is 0 Å². The molecular formula is C23H23N3O7. The number of nitrogens with one attached hydrogen (secondary N) is 1. The van der Waals surface area contributed by atoms with Gasteiger partial charge in [0.2, 0.25) is 17.7 Å². The average Bonchev–Trinajstić information content (AvgIpc) is 3.50. The van der Waals surface area contributed by atoms with Crippen molar-refractivity contribution >= 4 is 29.4 Å². The van der Waals surface area contributed by atoms with Crippen molar-refractivity contribution in [2.45, 2.75) is 18.0 Å². The second kappa shape index (κ2) is 7.73. The highest BCUT2D eigenvalue weighted by Gasteiger charge is 2.73. The molecule has 10 heteroatoms. The Balaban J connectivity index is 1.67. The van der Waals surface area contributed by atoms with Crippen molar-refractivity contribution < 1.29 is 33.1 Å². The highest BCUT2D eigenvalue weighted by Crippen LogP contribution is 2.57. The number of hydrogen-bond acceptors (Lipinski definition) is 8. The molecule has 33 heavy (non-hydrogen) atoms. The summed E-state index contributed by atoms with van der Waals surface area (Å²) in [7, 11) is 2.75. The molecule has 3 amide bonds. The number of rotatable bonds is 5. The minimum atomic E-state index is -1.57. The van der Waals surface area contributed by atoms with E-state index in [1.165, 1.54) is 20.5 Å². The fraction of sp³-hybridized carbons (Fsp3) is 0.391. The van der Waals surface area contributed by atoms with Crippen molar-refractivity contribution in [3.63, 3.8) is 0 Å². The van der Waals surface area contributed by atoms with Crippen LogP contribution in [0.2, 0.25) is 0 Å². The Bertz CT molecular complexity index is 1110. The minimum absolute atomic E-state index is 0.322. The van der Waals surface area contributed by atoms with Crippen molar-refractivity contribution in [1.82, 2.24) is 10.2 Å². The van der Waals surface area contributed by atoms with Crippen LogP contribution in [0.15, 0.2) is 47.1 Å². The number of piperazine rings is 1. The quantitative estimate of drug-likeness (QED) is 0.524. The largest absolute Gasteiger partial charge is 0.497 e. The van der Waals surface area contributed by atoms with E-state index in [4.69, 9.17) is 13.9 Å². The molecule has 3 saturated heterocycles. The SMILES string of the molecule is COC(=O)C[C@]12C(=O)NCCN1[C@H](c1ccco1)[C@@H]1C(=O)N(c3ccc(OC)cc3)C(=O)[C@H]12. The molecule has 3 aliphatic rings. The summed E-state index contributed by atoms with van der Waals surface area (Å²) in [6, 6.07) is 9.26. The van der Waals surface area contributed by atoms with Gasteiger partial charge in [0.25, 0.3) is 0 Å². The number of nitrogens with zero attached hydrogens (tertiary/aromatic N) is 2. The normalized spacial score (nSPS) is 29.0. The van der Waals surface area contributed by atoms with Gasteiger partial charge in [-0.3, -0.25) is 24.1 Å². The third-order valence-electron chi connectivity index (χ3n) is 6.89. The van der Waals surface area contributed by atoms with E-state index in [2.05, 4.69) is 5.32 Å². The number of methoxy groups -OCH3 is 2. The molecule has 5 rings (SSSR count). The van der Waals surface area contributed by atoms with Gasteiger partial charge in [0.1, 0.15) is 17.0 Å². The molecule has 0 bridgehead atoms.